The Balaban J connectivity index is 1.24. The maximum absolute atomic E-state index is 13.0. The van der Waals surface area contributed by atoms with E-state index in [2.05, 4.69) is 29.2 Å². The van der Waals surface area contributed by atoms with Gasteiger partial charge in [0.05, 0.1) is 0 Å². The minimum atomic E-state index is 0.152. The van der Waals surface area contributed by atoms with Gasteiger partial charge in [-0.1, -0.05) is 24.3 Å². The molecule has 4 heteroatoms. The van der Waals surface area contributed by atoms with Gasteiger partial charge in [0, 0.05) is 55.9 Å². The molecular formula is C24H25N3O. The highest BCUT2D eigenvalue weighted by molar-refractivity contribution is 5.94. The Kier molecular flexibility index (Phi) is 4.49. The molecule has 142 valence electrons. The average molecular weight is 371 g/mol. The first-order valence-electron chi connectivity index (χ1n) is 10.1. The Morgan fingerprint density at radius 2 is 1.61 bits per heavy atom. The molecule has 0 radical (unpaired) electrons. The Morgan fingerprint density at radius 3 is 2.39 bits per heavy atom. The molecule has 1 fully saturated rings. The van der Waals surface area contributed by atoms with E-state index in [1.807, 2.05) is 58.3 Å². The molecule has 3 aromatic rings. The van der Waals surface area contributed by atoms with Crippen LogP contribution in [-0.4, -0.2) is 46.0 Å². The molecule has 1 amide bonds. The van der Waals surface area contributed by atoms with Gasteiger partial charge in [0.25, 0.3) is 5.91 Å². The number of carbonyl (C=O) groups is 1. The van der Waals surface area contributed by atoms with Crippen molar-refractivity contribution in [2.75, 3.05) is 19.6 Å². The van der Waals surface area contributed by atoms with Crippen LogP contribution in [0.5, 0.6) is 0 Å². The van der Waals surface area contributed by atoms with Crippen molar-refractivity contribution >= 4 is 5.91 Å². The highest BCUT2D eigenvalue weighted by Gasteiger charge is 2.32. The van der Waals surface area contributed by atoms with Crippen molar-refractivity contribution in [3.63, 3.8) is 0 Å². The number of hydrogen-bond acceptors (Lipinski definition) is 2. The fourth-order valence-electron chi connectivity index (χ4n) is 4.52. The van der Waals surface area contributed by atoms with Crippen LogP contribution in [0.3, 0.4) is 0 Å². The third-order valence-corrected chi connectivity index (χ3v) is 6.14. The highest BCUT2D eigenvalue weighted by Crippen LogP contribution is 2.25. The summed E-state index contributed by atoms with van der Waals surface area (Å²) in [4.78, 5) is 17.6. The number of carbonyl (C=O) groups excluding carboxylic acids is 1. The Labute approximate surface area is 166 Å². The van der Waals surface area contributed by atoms with Gasteiger partial charge in [-0.15, -0.1) is 0 Å². The molecule has 0 spiro atoms. The predicted octanol–water partition coefficient (Wildman–Crippen LogP) is 3.75. The molecule has 5 rings (SSSR count). The number of nitrogens with zero attached hydrogens (tertiary/aromatic N) is 3. The van der Waals surface area contributed by atoms with Crippen molar-refractivity contribution in [2.24, 2.45) is 0 Å². The summed E-state index contributed by atoms with van der Waals surface area (Å²) in [5.41, 5.74) is 4.78. The first kappa shape index (κ1) is 17.3. The molecule has 4 nitrogen and oxygen atoms in total. The molecule has 2 aromatic carbocycles. The number of likely N-dealkylation sites (tertiary alicyclic amines) is 1. The lowest BCUT2D eigenvalue weighted by Crippen LogP contribution is -2.41. The number of benzene rings is 2. The molecule has 0 N–H and O–H groups in total. The topological polar surface area (TPSA) is 28.5 Å². The first-order chi connectivity index (χ1) is 13.8. The Morgan fingerprint density at radius 1 is 0.857 bits per heavy atom. The van der Waals surface area contributed by atoms with Crippen LogP contribution in [0.25, 0.3) is 5.69 Å². The van der Waals surface area contributed by atoms with Crippen LogP contribution >= 0.6 is 0 Å². The zero-order valence-electron chi connectivity index (χ0n) is 16.0. The van der Waals surface area contributed by atoms with Crippen molar-refractivity contribution < 1.29 is 4.79 Å². The zero-order chi connectivity index (χ0) is 18.9. The van der Waals surface area contributed by atoms with Gasteiger partial charge in [0.1, 0.15) is 0 Å². The summed E-state index contributed by atoms with van der Waals surface area (Å²) < 4.78 is 2.05. The number of aromatic nitrogens is 1. The lowest BCUT2D eigenvalue weighted by molar-refractivity contribution is 0.0773. The summed E-state index contributed by atoms with van der Waals surface area (Å²) >= 11 is 0. The quantitative estimate of drug-likeness (QED) is 0.702. The number of rotatable bonds is 3. The minimum absolute atomic E-state index is 0.152. The van der Waals surface area contributed by atoms with E-state index in [4.69, 9.17) is 0 Å². The van der Waals surface area contributed by atoms with E-state index >= 15 is 0 Å². The van der Waals surface area contributed by atoms with Crippen LogP contribution in [-0.2, 0) is 13.0 Å². The fourth-order valence-corrected chi connectivity index (χ4v) is 4.52. The fraction of sp³-hybridized carbons (Fsp3) is 0.292. The molecule has 1 atom stereocenters. The molecule has 2 aliphatic heterocycles. The average Bonchev–Trinajstić information content (AvgIpc) is 3.45. The summed E-state index contributed by atoms with van der Waals surface area (Å²) in [5.74, 6) is 0.152. The Hall–Kier alpha value is -2.85. The van der Waals surface area contributed by atoms with E-state index in [-0.39, 0.29) is 5.91 Å². The van der Waals surface area contributed by atoms with Gasteiger partial charge in [-0.3, -0.25) is 9.69 Å². The van der Waals surface area contributed by atoms with Gasteiger partial charge in [0.2, 0.25) is 0 Å². The minimum Gasteiger partial charge on any atom is -0.337 e. The molecule has 28 heavy (non-hydrogen) atoms. The third-order valence-electron chi connectivity index (χ3n) is 6.14. The molecule has 0 unspecified atom stereocenters. The molecule has 1 saturated heterocycles. The van der Waals surface area contributed by atoms with E-state index in [1.165, 1.54) is 11.1 Å². The molecule has 2 aliphatic rings. The van der Waals surface area contributed by atoms with Crippen LogP contribution in [0.4, 0.5) is 0 Å². The van der Waals surface area contributed by atoms with Gasteiger partial charge in [-0.05, 0) is 60.4 Å². The van der Waals surface area contributed by atoms with Crippen molar-refractivity contribution in [1.29, 1.82) is 0 Å². The van der Waals surface area contributed by atoms with Crippen LogP contribution in [0.2, 0.25) is 0 Å². The molecule has 3 heterocycles. The molecule has 0 bridgehead atoms. The lowest BCUT2D eigenvalue weighted by Gasteiger charge is -2.33. The second kappa shape index (κ2) is 7.28. The summed E-state index contributed by atoms with van der Waals surface area (Å²) in [6, 6.07) is 21.1. The standard InChI is InChI=1S/C24H25N3O/c28-24(20-7-9-22(10-8-20)25-13-3-4-14-25)27-16-12-23(18-27)26-15-11-19-5-1-2-6-21(19)17-26/h1-10,13-14,23H,11-12,15-18H2/t23-/m0/s1. The van der Waals surface area contributed by atoms with E-state index in [9.17, 15) is 4.79 Å². The van der Waals surface area contributed by atoms with Crippen molar-refractivity contribution in [3.05, 3.63) is 89.7 Å². The van der Waals surface area contributed by atoms with E-state index < -0.39 is 0 Å². The van der Waals surface area contributed by atoms with Crippen LogP contribution in [0.15, 0.2) is 73.1 Å². The normalized spacial score (nSPS) is 19.6. The zero-order valence-corrected chi connectivity index (χ0v) is 16.0. The third kappa shape index (κ3) is 3.25. The number of hydrogen-bond donors (Lipinski definition) is 0. The smallest absolute Gasteiger partial charge is 0.253 e. The van der Waals surface area contributed by atoms with Crippen molar-refractivity contribution in [2.45, 2.75) is 25.4 Å². The van der Waals surface area contributed by atoms with Crippen LogP contribution < -0.4 is 0 Å². The highest BCUT2D eigenvalue weighted by atomic mass is 16.2. The van der Waals surface area contributed by atoms with Gasteiger partial charge in [-0.2, -0.15) is 0 Å². The van der Waals surface area contributed by atoms with Gasteiger partial charge < -0.3 is 9.47 Å². The lowest BCUT2D eigenvalue weighted by atomic mass is 9.98. The monoisotopic (exact) mass is 371 g/mol. The Bertz CT molecular complexity index is 962. The SMILES string of the molecule is O=C(c1ccc(-n2cccc2)cc1)N1CC[C@H](N2CCc3ccccc3C2)C1. The summed E-state index contributed by atoms with van der Waals surface area (Å²) in [6.07, 6.45) is 6.20. The maximum atomic E-state index is 13.0. The molecule has 0 aliphatic carbocycles. The second-order valence-corrected chi connectivity index (χ2v) is 7.82. The van der Waals surface area contributed by atoms with Crippen LogP contribution in [0, 0.1) is 0 Å². The van der Waals surface area contributed by atoms with E-state index in [1.54, 1.807) is 0 Å². The maximum Gasteiger partial charge on any atom is 0.253 e. The van der Waals surface area contributed by atoms with Gasteiger partial charge in [0.15, 0.2) is 0 Å². The molecule has 0 saturated carbocycles. The predicted molar refractivity (Wildman–Crippen MR) is 111 cm³/mol. The van der Waals surface area contributed by atoms with Gasteiger partial charge >= 0.3 is 0 Å². The van der Waals surface area contributed by atoms with Gasteiger partial charge in [-0.25, -0.2) is 0 Å². The summed E-state index contributed by atoms with van der Waals surface area (Å²) in [5, 5.41) is 0. The summed E-state index contributed by atoms with van der Waals surface area (Å²) in [7, 11) is 0. The first-order valence-corrected chi connectivity index (χ1v) is 10.1. The van der Waals surface area contributed by atoms with E-state index in [0.717, 1.165) is 50.3 Å². The number of fused-ring (bicyclic) bond motifs is 1. The van der Waals surface area contributed by atoms with Crippen molar-refractivity contribution in [3.8, 4) is 5.69 Å². The molecule has 1 aromatic heterocycles. The molecular weight excluding hydrogens is 346 g/mol. The van der Waals surface area contributed by atoms with Crippen LogP contribution in [0.1, 0.15) is 27.9 Å². The van der Waals surface area contributed by atoms with E-state index in [0.29, 0.717) is 6.04 Å². The summed E-state index contributed by atoms with van der Waals surface area (Å²) in [6.45, 7) is 3.78. The number of amides is 1. The van der Waals surface area contributed by atoms with Crippen molar-refractivity contribution in [1.82, 2.24) is 14.4 Å². The largest absolute Gasteiger partial charge is 0.337 e. The second-order valence-electron chi connectivity index (χ2n) is 7.82.